The summed E-state index contributed by atoms with van der Waals surface area (Å²) in [4.78, 5) is 6.50. The molecule has 0 saturated carbocycles. The van der Waals surface area contributed by atoms with Crippen LogP contribution in [0.15, 0.2) is 22.7 Å². The molecular weight excluding hydrogens is 316 g/mol. The number of rotatable bonds is 3. The van der Waals surface area contributed by atoms with E-state index in [1.54, 1.807) is 19.1 Å². The van der Waals surface area contributed by atoms with E-state index in [1.807, 2.05) is 13.0 Å². The summed E-state index contributed by atoms with van der Waals surface area (Å²) >= 11 is 6.27. The van der Waals surface area contributed by atoms with E-state index in [9.17, 15) is 0 Å². The van der Waals surface area contributed by atoms with Crippen LogP contribution in [0.5, 0.6) is 0 Å². The van der Waals surface area contributed by atoms with Crippen LogP contribution in [-0.4, -0.2) is 34.2 Å². The Balaban J connectivity index is 1.74. The van der Waals surface area contributed by atoms with Gasteiger partial charge < -0.3 is 9.26 Å². The van der Waals surface area contributed by atoms with Gasteiger partial charge >= 0.3 is 0 Å². The van der Waals surface area contributed by atoms with Crippen LogP contribution in [0.1, 0.15) is 35.9 Å². The Kier molecular flexibility index (Phi) is 4.62. The predicted octanol–water partition coefficient (Wildman–Crippen LogP) is 2.87. The molecule has 0 N–H and O–H groups in total. The summed E-state index contributed by atoms with van der Waals surface area (Å²) in [5.41, 5.74) is 1.55. The van der Waals surface area contributed by atoms with Gasteiger partial charge in [0.1, 0.15) is 6.10 Å². The van der Waals surface area contributed by atoms with Gasteiger partial charge in [-0.3, -0.25) is 4.90 Å². The van der Waals surface area contributed by atoms with Crippen molar-refractivity contribution in [1.29, 1.82) is 5.26 Å². The van der Waals surface area contributed by atoms with E-state index in [0.29, 0.717) is 35.4 Å². The average molecular weight is 333 g/mol. The molecule has 0 unspecified atom stereocenters. The fourth-order valence-corrected chi connectivity index (χ4v) is 2.97. The molecular formula is C16H17ClN4O2. The van der Waals surface area contributed by atoms with Gasteiger partial charge in [0.25, 0.3) is 5.89 Å². The number of halogens is 1. The minimum absolute atomic E-state index is 0.0538. The first-order chi connectivity index (χ1) is 11.0. The summed E-state index contributed by atoms with van der Waals surface area (Å²) in [5.74, 6) is 1.11. The maximum Gasteiger partial charge on any atom is 0.257 e. The fourth-order valence-electron chi connectivity index (χ4n) is 2.73. The van der Waals surface area contributed by atoms with Crippen molar-refractivity contribution in [2.45, 2.75) is 32.6 Å². The number of hydrogen-bond acceptors (Lipinski definition) is 6. The van der Waals surface area contributed by atoms with Gasteiger partial charge in [-0.05, 0) is 31.5 Å². The van der Waals surface area contributed by atoms with Crippen molar-refractivity contribution in [2.24, 2.45) is 0 Å². The third kappa shape index (κ3) is 3.70. The molecule has 1 aromatic heterocycles. The average Bonchev–Trinajstić information content (AvgIpc) is 2.95. The largest absolute Gasteiger partial charge is 0.363 e. The molecule has 0 aliphatic carbocycles. The van der Waals surface area contributed by atoms with E-state index in [4.69, 9.17) is 26.1 Å². The summed E-state index contributed by atoms with van der Waals surface area (Å²) in [5, 5.41) is 13.3. The zero-order valence-electron chi connectivity index (χ0n) is 13.0. The van der Waals surface area contributed by atoms with E-state index < -0.39 is 0 Å². The SMILES string of the molecule is Cc1noc([C@H]2CN(Cc3ccc(C#N)cc3Cl)C[C@@H](C)O2)n1. The van der Waals surface area contributed by atoms with Crippen molar-refractivity contribution < 1.29 is 9.26 Å². The van der Waals surface area contributed by atoms with Crippen LogP contribution in [0.2, 0.25) is 5.02 Å². The number of nitrogens with zero attached hydrogens (tertiary/aromatic N) is 4. The zero-order valence-corrected chi connectivity index (χ0v) is 13.7. The van der Waals surface area contributed by atoms with Crippen LogP contribution in [0.4, 0.5) is 0 Å². The summed E-state index contributed by atoms with van der Waals surface area (Å²) in [6.45, 7) is 5.93. The van der Waals surface area contributed by atoms with Crippen molar-refractivity contribution in [3.63, 3.8) is 0 Å². The molecule has 2 atom stereocenters. The summed E-state index contributed by atoms with van der Waals surface area (Å²) in [6.07, 6.45) is -0.185. The van der Waals surface area contributed by atoms with Crippen molar-refractivity contribution >= 4 is 11.6 Å². The van der Waals surface area contributed by atoms with Gasteiger partial charge in [-0.2, -0.15) is 10.2 Å². The van der Waals surface area contributed by atoms with Crippen molar-refractivity contribution in [3.8, 4) is 6.07 Å². The molecule has 1 aromatic carbocycles. The molecule has 120 valence electrons. The van der Waals surface area contributed by atoms with Crippen LogP contribution in [0.25, 0.3) is 0 Å². The van der Waals surface area contributed by atoms with Crippen molar-refractivity contribution in [3.05, 3.63) is 46.1 Å². The smallest absolute Gasteiger partial charge is 0.257 e. The van der Waals surface area contributed by atoms with Gasteiger partial charge in [-0.1, -0.05) is 22.8 Å². The molecule has 0 bridgehead atoms. The van der Waals surface area contributed by atoms with Crippen LogP contribution in [0, 0.1) is 18.3 Å². The highest BCUT2D eigenvalue weighted by molar-refractivity contribution is 6.31. The maximum atomic E-state index is 8.91. The number of nitriles is 1. The molecule has 1 fully saturated rings. The highest BCUT2D eigenvalue weighted by atomic mass is 35.5. The Morgan fingerprint density at radius 1 is 1.43 bits per heavy atom. The molecule has 3 rings (SSSR count). The normalized spacial score (nSPS) is 22.0. The molecule has 6 nitrogen and oxygen atoms in total. The summed E-state index contributed by atoms with van der Waals surface area (Å²) < 4.78 is 11.1. The number of ether oxygens (including phenoxy) is 1. The molecule has 0 spiro atoms. The summed E-state index contributed by atoms with van der Waals surface area (Å²) in [7, 11) is 0. The molecule has 2 heterocycles. The number of aromatic nitrogens is 2. The van der Waals surface area contributed by atoms with E-state index >= 15 is 0 Å². The van der Waals surface area contributed by atoms with E-state index in [0.717, 1.165) is 12.1 Å². The van der Waals surface area contributed by atoms with Gasteiger partial charge in [0.2, 0.25) is 0 Å². The minimum atomic E-state index is -0.239. The topological polar surface area (TPSA) is 75.2 Å². The van der Waals surface area contributed by atoms with Crippen LogP contribution >= 0.6 is 11.6 Å². The molecule has 1 aliphatic heterocycles. The second-order valence-electron chi connectivity index (χ2n) is 5.73. The lowest BCUT2D eigenvalue weighted by Gasteiger charge is -2.35. The van der Waals surface area contributed by atoms with E-state index in [1.165, 1.54) is 0 Å². The van der Waals surface area contributed by atoms with Gasteiger partial charge in [-0.25, -0.2) is 0 Å². The van der Waals surface area contributed by atoms with E-state index in [-0.39, 0.29) is 12.2 Å². The van der Waals surface area contributed by atoms with Crippen LogP contribution in [0.3, 0.4) is 0 Å². The van der Waals surface area contributed by atoms with E-state index in [2.05, 4.69) is 21.1 Å². The van der Waals surface area contributed by atoms with Crippen LogP contribution in [-0.2, 0) is 11.3 Å². The Morgan fingerprint density at radius 3 is 2.91 bits per heavy atom. The first-order valence-corrected chi connectivity index (χ1v) is 7.79. The second kappa shape index (κ2) is 6.67. The number of aryl methyl sites for hydroxylation is 1. The Hall–Kier alpha value is -1.94. The van der Waals surface area contributed by atoms with Gasteiger partial charge in [0, 0.05) is 24.7 Å². The number of benzene rings is 1. The highest BCUT2D eigenvalue weighted by Crippen LogP contribution is 2.27. The highest BCUT2D eigenvalue weighted by Gasteiger charge is 2.30. The minimum Gasteiger partial charge on any atom is -0.363 e. The summed E-state index contributed by atoms with van der Waals surface area (Å²) in [6, 6.07) is 7.46. The molecule has 7 heteroatoms. The molecule has 1 saturated heterocycles. The van der Waals surface area contributed by atoms with Gasteiger partial charge in [-0.15, -0.1) is 0 Å². The number of morpholine rings is 1. The molecule has 0 amide bonds. The van der Waals surface area contributed by atoms with Crippen molar-refractivity contribution in [2.75, 3.05) is 13.1 Å². The van der Waals surface area contributed by atoms with Crippen LogP contribution < -0.4 is 0 Å². The third-order valence-corrected chi connectivity index (χ3v) is 4.08. The van der Waals surface area contributed by atoms with Gasteiger partial charge in [0.05, 0.1) is 17.7 Å². The van der Waals surface area contributed by atoms with Crippen molar-refractivity contribution in [1.82, 2.24) is 15.0 Å². The lowest BCUT2D eigenvalue weighted by Crippen LogP contribution is -2.42. The predicted molar refractivity (Wildman–Crippen MR) is 83.8 cm³/mol. The Morgan fingerprint density at radius 2 is 2.26 bits per heavy atom. The Bertz CT molecular complexity index is 740. The number of hydrogen-bond donors (Lipinski definition) is 0. The fraction of sp³-hybridized carbons (Fsp3) is 0.438. The third-order valence-electron chi connectivity index (χ3n) is 3.73. The lowest BCUT2D eigenvalue weighted by molar-refractivity contribution is -0.0930. The molecule has 0 radical (unpaired) electrons. The lowest BCUT2D eigenvalue weighted by atomic mass is 10.1. The molecule has 2 aromatic rings. The zero-order chi connectivity index (χ0) is 16.4. The Labute approximate surface area is 139 Å². The maximum absolute atomic E-state index is 8.91. The van der Waals surface area contributed by atoms with Gasteiger partial charge in [0.15, 0.2) is 5.82 Å². The standard InChI is InChI=1S/C16H17ClN4O2/c1-10-7-21(8-13-4-3-12(6-18)5-14(13)17)9-15(22-10)16-19-11(2)20-23-16/h3-5,10,15H,7-9H2,1-2H3/t10-,15-/m1/s1. The first kappa shape index (κ1) is 15.9. The second-order valence-corrected chi connectivity index (χ2v) is 6.13. The molecule has 1 aliphatic rings. The first-order valence-electron chi connectivity index (χ1n) is 7.41. The quantitative estimate of drug-likeness (QED) is 0.860. The monoisotopic (exact) mass is 332 g/mol. The molecule has 23 heavy (non-hydrogen) atoms.